The van der Waals surface area contributed by atoms with Crippen molar-refractivity contribution in [3.05, 3.63) is 35.9 Å². The van der Waals surface area contributed by atoms with E-state index >= 15 is 0 Å². The van der Waals surface area contributed by atoms with Gasteiger partial charge < -0.3 is 14.7 Å². The molecule has 112 valence electrons. The lowest BCUT2D eigenvalue weighted by Crippen LogP contribution is -2.39. The van der Waals surface area contributed by atoms with Crippen LogP contribution in [0.3, 0.4) is 0 Å². The van der Waals surface area contributed by atoms with Crippen molar-refractivity contribution in [3.8, 4) is 5.75 Å². The number of ether oxygens (including phenoxy) is 1. The average molecular weight is 289 g/mol. The number of carbonyl (C=O) groups is 2. The molecular formula is C16H19NO4. The van der Waals surface area contributed by atoms with Crippen LogP contribution in [0.5, 0.6) is 5.75 Å². The summed E-state index contributed by atoms with van der Waals surface area (Å²) in [5.74, 6) is -0.504. The summed E-state index contributed by atoms with van der Waals surface area (Å²) in [6.45, 7) is 2.94. The number of aliphatic carboxylic acids is 1. The van der Waals surface area contributed by atoms with Gasteiger partial charge in [-0.05, 0) is 31.9 Å². The summed E-state index contributed by atoms with van der Waals surface area (Å²) in [7, 11) is 0. The van der Waals surface area contributed by atoms with Crippen LogP contribution in [0.4, 0.5) is 0 Å². The van der Waals surface area contributed by atoms with E-state index in [1.807, 2.05) is 31.2 Å². The number of carbonyl (C=O) groups excluding carboxylic acids is 1. The van der Waals surface area contributed by atoms with Gasteiger partial charge in [-0.3, -0.25) is 4.79 Å². The molecule has 1 heterocycles. The van der Waals surface area contributed by atoms with E-state index in [0.29, 0.717) is 25.3 Å². The Hall–Kier alpha value is -2.30. The molecule has 0 spiro atoms. The van der Waals surface area contributed by atoms with E-state index in [4.69, 9.17) is 9.84 Å². The quantitative estimate of drug-likeness (QED) is 0.844. The van der Waals surface area contributed by atoms with Crippen LogP contribution in [-0.4, -0.2) is 41.1 Å². The summed E-state index contributed by atoms with van der Waals surface area (Å²) in [6, 6.07) is 6.72. The van der Waals surface area contributed by atoms with Gasteiger partial charge in [0.15, 0.2) is 0 Å². The van der Waals surface area contributed by atoms with Crippen molar-refractivity contribution in [3.63, 3.8) is 0 Å². The Morgan fingerprint density at radius 1 is 1.43 bits per heavy atom. The second-order valence-corrected chi connectivity index (χ2v) is 4.83. The number of para-hydroxylation sites is 1. The van der Waals surface area contributed by atoms with Crippen molar-refractivity contribution in [1.29, 1.82) is 0 Å². The minimum atomic E-state index is -0.941. The highest BCUT2D eigenvalue weighted by atomic mass is 16.5. The summed E-state index contributed by atoms with van der Waals surface area (Å²) < 4.78 is 5.48. The molecule has 1 aromatic rings. The van der Waals surface area contributed by atoms with Crippen LogP contribution in [0.25, 0.3) is 6.08 Å². The molecule has 0 aliphatic carbocycles. The first kappa shape index (κ1) is 15.1. The molecule has 1 saturated heterocycles. The molecule has 0 aromatic heterocycles. The van der Waals surface area contributed by atoms with Gasteiger partial charge >= 0.3 is 5.97 Å². The molecule has 1 atom stereocenters. The highest BCUT2D eigenvalue weighted by molar-refractivity contribution is 5.95. The summed E-state index contributed by atoms with van der Waals surface area (Å²) in [4.78, 5) is 24.6. The Morgan fingerprint density at radius 2 is 2.19 bits per heavy atom. The van der Waals surface area contributed by atoms with Crippen LogP contribution in [0.15, 0.2) is 30.3 Å². The third-order valence-corrected chi connectivity index (χ3v) is 3.45. The molecule has 1 N–H and O–H groups in total. The van der Waals surface area contributed by atoms with Crippen molar-refractivity contribution in [2.24, 2.45) is 0 Å². The Morgan fingerprint density at radius 3 is 2.90 bits per heavy atom. The topological polar surface area (TPSA) is 66.8 Å². The van der Waals surface area contributed by atoms with E-state index in [1.165, 1.54) is 11.0 Å². The number of amides is 1. The number of nitrogens with zero attached hydrogens (tertiary/aromatic N) is 1. The van der Waals surface area contributed by atoms with Crippen LogP contribution >= 0.6 is 0 Å². The Kier molecular flexibility index (Phi) is 4.98. The minimum absolute atomic E-state index is 0.272. The number of rotatable bonds is 5. The Labute approximate surface area is 123 Å². The minimum Gasteiger partial charge on any atom is -0.493 e. The van der Waals surface area contributed by atoms with E-state index in [2.05, 4.69) is 0 Å². The van der Waals surface area contributed by atoms with Crippen molar-refractivity contribution in [2.75, 3.05) is 13.2 Å². The number of hydrogen-bond donors (Lipinski definition) is 1. The summed E-state index contributed by atoms with van der Waals surface area (Å²) in [5, 5.41) is 9.09. The van der Waals surface area contributed by atoms with Gasteiger partial charge in [0.05, 0.1) is 6.61 Å². The monoisotopic (exact) mass is 289 g/mol. The first-order valence-corrected chi connectivity index (χ1v) is 7.06. The molecule has 21 heavy (non-hydrogen) atoms. The first-order chi connectivity index (χ1) is 10.1. The van der Waals surface area contributed by atoms with Crippen molar-refractivity contribution in [1.82, 2.24) is 4.90 Å². The molecule has 1 aliphatic rings. The van der Waals surface area contributed by atoms with Crippen LogP contribution in [0, 0.1) is 0 Å². The average Bonchev–Trinajstić information content (AvgIpc) is 2.96. The molecule has 1 aliphatic heterocycles. The molecule has 5 nitrogen and oxygen atoms in total. The molecule has 0 saturated carbocycles. The van der Waals surface area contributed by atoms with E-state index < -0.39 is 12.0 Å². The number of benzene rings is 1. The summed E-state index contributed by atoms with van der Waals surface area (Å²) in [5.41, 5.74) is 0.804. The first-order valence-electron chi connectivity index (χ1n) is 7.06. The van der Waals surface area contributed by atoms with Crippen molar-refractivity contribution >= 4 is 18.0 Å². The van der Waals surface area contributed by atoms with Crippen LogP contribution in [0.1, 0.15) is 25.3 Å². The number of carboxylic acid groups (broad SMARTS) is 1. The molecule has 1 aromatic carbocycles. The van der Waals surface area contributed by atoms with Gasteiger partial charge in [0.1, 0.15) is 11.8 Å². The Balaban J connectivity index is 2.10. The fraction of sp³-hybridized carbons (Fsp3) is 0.375. The van der Waals surface area contributed by atoms with E-state index in [0.717, 1.165) is 12.0 Å². The third kappa shape index (κ3) is 3.62. The highest BCUT2D eigenvalue weighted by Crippen LogP contribution is 2.21. The van der Waals surface area contributed by atoms with Gasteiger partial charge in [0.25, 0.3) is 0 Å². The largest absolute Gasteiger partial charge is 0.493 e. The van der Waals surface area contributed by atoms with Crippen LogP contribution in [0.2, 0.25) is 0 Å². The molecule has 5 heteroatoms. The zero-order chi connectivity index (χ0) is 15.2. The van der Waals surface area contributed by atoms with Crippen molar-refractivity contribution < 1.29 is 19.4 Å². The third-order valence-electron chi connectivity index (χ3n) is 3.45. The number of carboxylic acids is 1. The Bertz CT molecular complexity index is 553. The van der Waals surface area contributed by atoms with Gasteiger partial charge in [-0.15, -0.1) is 0 Å². The lowest BCUT2D eigenvalue weighted by molar-refractivity contribution is -0.146. The van der Waals surface area contributed by atoms with Gasteiger partial charge in [0, 0.05) is 18.2 Å². The molecule has 0 unspecified atom stereocenters. The standard InChI is InChI=1S/C16H19NO4/c1-2-21-14-8-4-3-6-12(14)9-10-15(18)17-11-5-7-13(17)16(19)20/h3-4,6,8-10,13H,2,5,7,11H2,1H3,(H,19,20)/b10-9+/t13-/m0/s1. The van der Waals surface area contributed by atoms with Crippen molar-refractivity contribution in [2.45, 2.75) is 25.8 Å². The van der Waals surface area contributed by atoms with Crippen LogP contribution in [-0.2, 0) is 9.59 Å². The maximum absolute atomic E-state index is 12.1. The predicted molar refractivity (Wildman–Crippen MR) is 79.0 cm³/mol. The zero-order valence-electron chi connectivity index (χ0n) is 12.0. The maximum Gasteiger partial charge on any atom is 0.326 e. The normalized spacial score (nSPS) is 18.1. The summed E-state index contributed by atoms with van der Waals surface area (Å²) >= 11 is 0. The molecule has 1 fully saturated rings. The summed E-state index contributed by atoms with van der Waals surface area (Å²) in [6.07, 6.45) is 4.33. The smallest absolute Gasteiger partial charge is 0.326 e. The lowest BCUT2D eigenvalue weighted by atomic mass is 10.2. The molecule has 1 amide bonds. The van der Waals surface area contributed by atoms with E-state index in [9.17, 15) is 9.59 Å². The molecular weight excluding hydrogens is 270 g/mol. The second kappa shape index (κ2) is 6.92. The van der Waals surface area contributed by atoms with E-state index in [-0.39, 0.29) is 5.91 Å². The van der Waals surface area contributed by atoms with Gasteiger partial charge in [0.2, 0.25) is 5.91 Å². The number of hydrogen-bond acceptors (Lipinski definition) is 3. The van der Waals surface area contributed by atoms with Crippen LogP contribution < -0.4 is 4.74 Å². The highest BCUT2D eigenvalue weighted by Gasteiger charge is 2.32. The molecule has 0 bridgehead atoms. The fourth-order valence-electron chi connectivity index (χ4n) is 2.45. The number of likely N-dealkylation sites (tertiary alicyclic amines) is 1. The zero-order valence-corrected chi connectivity index (χ0v) is 12.0. The SMILES string of the molecule is CCOc1ccccc1/C=C/C(=O)N1CCC[C@H]1C(=O)O. The molecule has 0 radical (unpaired) electrons. The second-order valence-electron chi connectivity index (χ2n) is 4.83. The fourth-order valence-corrected chi connectivity index (χ4v) is 2.45. The van der Waals surface area contributed by atoms with Gasteiger partial charge in [-0.1, -0.05) is 18.2 Å². The van der Waals surface area contributed by atoms with E-state index in [1.54, 1.807) is 6.08 Å². The predicted octanol–water partition coefficient (Wildman–Crippen LogP) is 2.17. The van der Waals surface area contributed by atoms with Gasteiger partial charge in [-0.2, -0.15) is 0 Å². The maximum atomic E-state index is 12.1. The lowest BCUT2D eigenvalue weighted by Gasteiger charge is -2.19. The molecule has 2 rings (SSSR count). The van der Waals surface area contributed by atoms with Gasteiger partial charge in [-0.25, -0.2) is 4.79 Å².